The van der Waals surface area contributed by atoms with Gasteiger partial charge in [0.05, 0.1) is 19.5 Å². The van der Waals surface area contributed by atoms with E-state index in [0.717, 1.165) is 11.3 Å². The minimum atomic E-state index is -4.00. The lowest BCUT2D eigenvalue weighted by Gasteiger charge is -2.20. The monoisotopic (exact) mass is 531 g/mol. The lowest BCUT2D eigenvalue weighted by atomic mass is 10.1. The zero-order valence-corrected chi connectivity index (χ0v) is 22.1. The number of nitrogens with zero attached hydrogens (tertiary/aromatic N) is 8. The van der Waals surface area contributed by atoms with Gasteiger partial charge in [-0.05, 0) is 26.3 Å². The van der Waals surface area contributed by atoms with Gasteiger partial charge in [0.1, 0.15) is 12.2 Å². The summed E-state index contributed by atoms with van der Waals surface area (Å²) in [7, 11) is -1.14. The molecule has 0 fully saturated rings. The lowest BCUT2D eigenvalue weighted by Crippen LogP contribution is -2.31. The molecule has 0 saturated heterocycles. The summed E-state index contributed by atoms with van der Waals surface area (Å²) in [5.41, 5.74) is 1.87. The van der Waals surface area contributed by atoms with E-state index in [0.29, 0.717) is 10.8 Å². The van der Waals surface area contributed by atoms with Gasteiger partial charge >= 0.3 is 0 Å². The summed E-state index contributed by atoms with van der Waals surface area (Å²) < 4.78 is 41.8. The Morgan fingerprint density at radius 3 is 2.19 bits per heavy atom. The molecule has 4 aromatic rings. The summed E-state index contributed by atoms with van der Waals surface area (Å²) in [5.74, 6) is 0.327. The van der Waals surface area contributed by atoms with Gasteiger partial charge in [-0.25, -0.2) is 27.9 Å². The number of methoxy groups -OCH3 is 2. The van der Waals surface area contributed by atoms with Gasteiger partial charge in [-0.1, -0.05) is 6.92 Å². The summed E-state index contributed by atoms with van der Waals surface area (Å²) >= 11 is 1.33. The Balaban J connectivity index is 1.81. The number of nitrogens with one attached hydrogen (secondary N) is 1. The van der Waals surface area contributed by atoms with Crippen LogP contribution >= 0.6 is 11.3 Å². The number of aryl methyl sites for hydroxylation is 2. The van der Waals surface area contributed by atoms with Gasteiger partial charge in [0.15, 0.2) is 16.5 Å². The van der Waals surface area contributed by atoms with Crippen molar-refractivity contribution in [1.29, 1.82) is 0 Å². The average Bonchev–Trinajstić information content (AvgIpc) is 3.48. The molecule has 4 heterocycles. The molecule has 190 valence electrons. The van der Waals surface area contributed by atoms with E-state index in [1.165, 1.54) is 36.5 Å². The molecule has 0 radical (unpaired) electrons. The van der Waals surface area contributed by atoms with Gasteiger partial charge in [-0.15, -0.1) is 21.5 Å². The minimum absolute atomic E-state index is 0.104. The third-order valence-electron chi connectivity index (χ3n) is 5.47. The molecular weight excluding hydrogens is 506 g/mol. The first-order valence-corrected chi connectivity index (χ1v) is 13.2. The number of thiazole rings is 1. The molecule has 0 amide bonds. The molecule has 0 aliphatic rings. The van der Waals surface area contributed by atoms with Crippen molar-refractivity contribution in [2.75, 3.05) is 18.9 Å². The third kappa shape index (κ3) is 4.83. The van der Waals surface area contributed by atoms with E-state index in [1.807, 2.05) is 19.2 Å². The molecule has 1 N–H and O–H groups in total. The highest BCUT2D eigenvalue weighted by Gasteiger charge is 2.33. The molecule has 2 atom stereocenters. The number of hydrogen-bond acceptors (Lipinski definition) is 12. The van der Waals surface area contributed by atoms with Gasteiger partial charge in [0.2, 0.25) is 27.7 Å². The van der Waals surface area contributed by atoms with Crippen LogP contribution in [-0.2, 0) is 10.0 Å². The predicted octanol–water partition coefficient (Wildman–Crippen LogP) is 2.54. The van der Waals surface area contributed by atoms with Gasteiger partial charge in [0.25, 0.3) is 0 Å². The van der Waals surface area contributed by atoms with Gasteiger partial charge < -0.3 is 9.47 Å². The van der Waals surface area contributed by atoms with Crippen LogP contribution < -0.4 is 14.2 Å². The molecule has 4 rings (SSSR count). The molecular formula is C21H25N9O4S2. The van der Waals surface area contributed by atoms with Crippen molar-refractivity contribution in [1.82, 2.24) is 39.7 Å². The first kappa shape index (κ1) is 25.4. The van der Waals surface area contributed by atoms with Crippen LogP contribution in [0.3, 0.4) is 0 Å². The maximum atomic E-state index is 13.5. The van der Waals surface area contributed by atoms with Crippen LogP contribution in [0.2, 0.25) is 0 Å². The second kappa shape index (κ2) is 10.1. The standard InChI is InChI=1S/C21H25N9O4S2/c1-11-7-22-16(23-8-11)13(3)14(4)36(31,32)29-21-28-27-17(20-26-12(2)9-35-20)30(21)15-18(33-5)24-10-25-19(15)34-6/h7-10,13-14H,1-6H3,(H,28,29)/t13-,14-/m0/s1. The largest absolute Gasteiger partial charge is 0.479 e. The number of aromatic nitrogens is 8. The molecule has 0 aliphatic heterocycles. The number of rotatable bonds is 9. The van der Waals surface area contributed by atoms with Crippen LogP contribution in [0.15, 0.2) is 24.1 Å². The van der Waals surface area contributed by atoms with Crippen LogP contribution in [-0.4, -0.2) is 67.6 Å². The number of sulfonamides is 1. The topological polar surface area (TPSA) is 160 Å². The van der Waals surface area contributed by atoms with E-state index in [2.05, 4.69) is 39.8 Å². The SMILES string of the molecule is COc1ncnc(OC)c1-n1c(NS(=O)(=O)[C@@H](C)[C@H](C)c2ncc(C)cn2)nnc1-c1nc(C)cs1. The molecule has 0 aliphatic carbocycles. The Morgan fingerprint density at radius 2 is 1.64 bits per heavy atom. The fourth-order valence-electron chi connectivity index (χ4n) is 3.33. The first-order chi connectivity index (χ1) is 17.2. The summed E-state index contributed by atoms with van der Waals surface area (Å²) in [4.78, 5) is 21.3. The fraction of sp³-hybridized carbons (Fsp3) is 0.381. The van der Waals surface area contributed by atoms with E-state index in [9.17, 15) is 8.42 Å². The van der Waals surface area contributed by atoms with Crippen LogP contribution in [0.4, 0.5) is 5.95 Å². The quantitative estimate of drug-likeness (QED) is 0.338. The molecule has 36 heavy (non-hydrogen) atoms. The Kier molecular flexibility index (Phi) is 7.12. The molecule has 13 nitrogen and oxygen atoms in total. The van der Waals surface area contributed by atoms with Crippen molar-refractivity contribution in [3.63, 3.8) is 0 Å². The molecule has 0 saturated carbocycles. The van der Waals surface area contributed by atoms with Crippen molar-refractivity contribution >= 4 is 27.3 Å². The second-order valence-corrected chi connectivity index (χ2v) is 10.9. The summed E-state index contributed by atoms with van der Waals surface area (Å²) in [6.07, 6.45) is 4.57. The van der Waals surface area contributed by atoms with Crippen molar-refractivity contribution in [3.8, 4) is 28.3 Å². The first-order valence-electron chi connectivity index (χ1n) is 10.8. The molecule has 15 heteroatoms. The second-order valence-electron chi connectivity index (χ2n) is 7.98. The maximum absolute atomic E-state index is 13.5. The van der Waals surface area contributed by atoms with Crippen LogP contribution in [0.25, 0.3) is 16.5 Å². The number of ether oxygens (including phenoxy) is 2. The van der Waals surface area contributed by atoms with Crippen molar-refractivity contribution in [2.24, 2.45) is 0 Å². The van der Waals surface area contributed by atoms with E-state index < -0.39 is 21.2 Å². The maximum Gasteiger partial charge on any atom is 0.245 e. The normalized spacial score (nSPS) is 13.3. The van der Waals surface area contributed by atoms with E-state index in [4.69, 9.17) is 9.47 Å². The molecule has 0 aromatic carbocycles. The highest BCUT2D eigenvalue weighted by molar-refractivity contribution is 7.93. The Morgan fingerprint density at radius 1 is 1.00 bits per heavy atom. The van der Waals surface area contributed by atoms with Crippen molar-refractivity contribution in [3.05, 3.63) is 41.2 Å². The zero-order chi connectivity index (χ0) is 26.0. The van der Waals surface area contributed by atoms with Gasteiger partial charge in [-0.3, -0.25) is 4.72 Å². The van der Waals surface area contributed by atoms with Crippen LogP contribution in [0.5, 0.6) is 11.8 Å². The summed E-state index contributed by atoms with van der Waals surface area (Å²) in [6.45, 7) is 7.03. The Labute approximate surface area is 212 Å². The Hall–Kier alpha value is -3.72. The smallest absolute Gasteiger partial charge is 0.245 e. The molecule has 0 bridgehead atoms. The summed E-state index contributed by atoms with van der Waals surface area (Å²) in [5, 5.41) is 9.80. The fourth-order valence-corrected chi connectivity index (χ4v) is 5.33. The molecule has 0 spiro atoms. The van der Waals surface area contributed by atoms with Crippen molar-refractivity contribution < 1.29 is 17.9 Å². The van der Waals surface area contributed by atoms with E-state index >= 15 is 0 Å². The number of hydrogen-bond donors (Lipinski definition) is 1. The predicted molar refractivity (Wildman–Crippen MR) is 133 cm³/mol. The minimum Gasteiger partial charge on any atom is -0.479 e. The zero-order valence-electron chi connectivity index (χ0n) is 20.5. The van der Waals surface area contributed by atoms with E-state index in [-0.39, 0.29) is 29.2 Å². The van der Waals surface area contributed by atoms with Gasteiger partial charge in [0, 0.05) is 29.4 Å². The third-order valence-corrected chi connectivity index (χ3v) is 8.28. The highest BCUT2D eigenvalue weighted by atomic mass is 32.2. The van der Waals surface area contributed by atoms with Crippen LogP contribution in [0, 0.1) is 13.8 Å². The van der Waals surface area contributed by atoms with Gasteiger partial charge in [-0.2, -0.15) is 9.97 Å². The van der Waals surface area contributed by atoms with Crippen molar-refractivity contribution in [2.45, 2.75) is 38.9 Å². The molecule has 4 aromatic heterocycles. The number of anilines is 1. The highest BCUT2D eigenvalue weighted by Crippen LogP contribution is 2.36. The van der Waals surface area contributed by atoms with E-state index in [1.54, 1.807) is 26.2 Å². The van der Waals surface area contributed by atoms with Crippen LogP contribution in [0.1, 0.15) is 36.8 Å². The molecule has 0 unspecified atom stereocenters. The average molecular weight is 532 g/mol. The Bertz CT molecular complexity index is 1450. The lowest BCUT2D eigenvalue weighted by molar-refractivity contribution is 0.368. The summed E-state index contributed by atoms with van der Waals surface area (Å²) in [6, 6.07) is 0.